The van der Waals surface area contributed by atoms with E-state index >= 15 is 0 Å². The number of thioether (sulfide) groups is 1. The van der Waals surface area contributed by atoms with E-state index in [4.69, 9.17) is 16.3 Å². The van der Waals surface area contributed by atoms with Gasteiger partial charge >= 0.3 is 0 Å². The molecule has 1 aliphatic heterocycles. The summed E-state index contributed by atoms with van der Waals surface area (Å²) in [5, 5.41) is 39.8. The van der Waals surface area contributed by atoms with Crippen molar-refractivity contribution in [2.45, 2.75) is 35.4 Å². The highest BCUT2D eigenvalue weighted by Gasteiger charge is 2.44. The summed E-state index contributed by atoms with van der Waals surface area (Å²) in [6, 6.07) is 13.4. The van der Waals surface area contributed by atoms with Crippen LogP contribution >= 0.6 is 23.4 Å². The van der Waals surface area contributed by atoms with E-state index in [2.05, 4.69) is 0 Å². The van der Waals surface area contributed by atoms with Crippen molar-refractivity contribution >= 4 is 29.1 Å². The second-order valence-corrected chi connectivity index (χ2v) is 9.08. The summed E-state index contributed by atoms with van der Waals surface area (Å²) in [4.78, 5) is 2.02. The number of benzene rings is 2. The first kappa shape index (κ1) is 22.2. The lowest BCUT2D eigenvalue weighted by Crippen LogP contribution is -2.55. The molecule has 1 saturated heterocycles. The lowest BCUT2D eigenvalue weighted by Gasteiger charge is -2.39. The standard InChI is InChI=1S/C21H26ClNO5S/c1-23(2)15-6-3-12(4-7-15)9-13-10-14(22)5-8-16(13)28-21-20(27)19(26)18(25)17(11-24)29-21/h3-8,10,17-21,24-27H,9,11H2,1-2H3. The van der Waals surface area contributed by atoms with Gasteiger partial charge in [0.25, 0.3) is 0 Å². The molecule has 0 amide bonds. The van der Waals surface area contributed by atoms with Crippen LogP contribution in [0.4, 0.5) is 5.69 Å². The SMILES string of the molecule is CN(C)c1ccc(Cc2cc(Cl)ccc2OC2SC(CO)C(O)C(O)C2O)cc1. The summed E-state index contributed by atoms with van der Waals surface area (Å²) in [5.74, 6) is 0.530. The minimum atomic E-state index is -1.40. The molecule has 0 bridgehead atoms. The highest BCUT2D eigenvalue weighted by Crippen LogP contribution is 2.36. The third kappa shape index (κ3) is 5.17. The van der Waals surface area contributed by atoms with E-state index < -0.39 is 29.0 Å². The maximum atomic E-state index is 10.3. The quantitative estimate of drug-likeness (QED) is 0.546. The predicted molar refractivity (Wildman–Crippen MR) is 116 cm³/mol. The summed E-state index contributed by atoms with van der Waals surface area (Å²) in [6.45, 7) is -0.332. The molecule has 29 heavy (non-hydrogen) atoms. The molecule has 5 atom stereocenters. The Morgan fingerprint density at radius 3 is 2.31 bits per heavy atom. The van der Waals surface area contributed by atoms with Gasteiger partial charge in [0, 0.05) is 36.8 Å². The predicted octanol–water partition coefficient (Wildman–Crippen LogP) is 1.89. The number of rotatable bonds is 6. The Bertz CT molecular complexity index is 817. The molecule has 0 aliphatic carbocycles. The number of hydrogen-bond acceptors (Lipinski definition) is 7. The molecule has 4 N–H and O–H groups in total. The minimum absolute atomic E-state index is 0.332. The monoisotopic (exact) mass is 439 g/mol. The summed E-state index contributed by atoms with van der Waals surface area (Å²) >= 11 is 7.29. The number of nitrogens with zero attached hydrogens (tertiary/aromatic N) is 1. The van der Waals surface area contributed by atoms with Crippen LogP contribution in [0.5, 0.6) is 5.75 Å². The molecule has 1 heterocycles. The zero-order chi connectivity index (χ0) is 21.1. The van der Waals surface area contributed by atoms with Crippen LogP contribution in [0.2, 0.25) is 5.02 Å². The fraction of sp³-hybridized carbons (Fsp3) is 0.429. The van der Waals surface area contributed by atoms with Crippen molar-refractivity contribution in [2.24, 2.45) is 0 Å². The lowest BCUT2D eigenvalue weighted by atomic mass is 10.0. The van der Waals surface area contributed by atoms with Crippen LogP contribution in [0.15, 0.2) is 42.5 Å². The summed E-state index contributed by atoms with van der Waals surface area (Å²) in [7, 11) is 3.96. The first-order chi connectivity index (χ1) is 13.8. The first-order valence-electron chi connectivity index (χ1n) is 9.32. The van der Waals surface area contributed by atoms with E-state index in [1.807, 2.05) is 49.3 Å². The molecule has 6 nitrogen and oxygen atoms in total. The Morgan fingerprint density at radius 1 is 1.00 bits per heavy atom. The Kier molecular flexibility index (Phi) is 7.32. The molecule has 1 aliphatic rings. The number of aliphatic hydroxyl groups is 4. The van der Waals surface area contributed by atoms with Crippen LogP contribution < -0.4 is 9.64 Å². The molecule has 8 heteroatoms. The van der Waals surface area contributed by atoms with Gasteiger partial charge in [-0.05, 0) is 35.9 Å². The van der Waals surface area contributed by atoms with Crippen molar-refractivity contribution < 1.29 is 25.2 Å². The summed E-state index contributed by atoms with van der Waals surface area (Å²) < 4.78 is 6.00. The van der Waals surface area contributed by atoms with Gasteiger partial charge in [-0.1, -0.05) is 23.7 Å². The van der Waals surface area contributed by atoms with Gasteiger partial charge in [0.05, 0.1) is 18.0 Å². The van der Waals surface area contributed by atoms with Crippen molar-refractivity contribution in [3.8, 4) is 5.75 Å². The molecule has 158 valence electrons. The van der Waals surface area contributed by atoms with Gasteiger partial charge in [0.15, 0.2) is 5.44 Å². The third-order valence-electron chi connectivity index (χ3n) is 4.96. The maximum Gasteiger partial charge on any atom is 0.173 e. The fourth-order valence-electron chi connectivity index (χ4n) is 3.22. The van der Waals surface area contributed by atoms with E-state index in [1.165, 1.54) is 0 Å². The number of ether oxygens (including phenoxy) is 1. The smallest absolute Gasteiger partial charge is 0.173 e. The highest BCUT2D eigenvalue weighted by atomic mass is 35.5. The summed E-state index contributed by atoms with van der Waals surface area (Å²) in [6.07, 6.45) is -3.33. The van der Waals surface area contributed by atoms with Gasteiger partial charge in [-0.15, -0.1) is 11.8 Å². The molecule has 0 saturated carbocycles. The van der Waals surface area contributed by atoms with Crippen molar-refractivity contribution in [1.29, 1.82) is 0 Å². The average molecular weight is 440 g/mol. The molecule has 2 aromatic carbocycles. The van der Waals surface area contributed by atoms with Gasteiger partial charge in [-0.2, -0.15) is 0 Å². The maximum absolute atomic E-state index is 10.3. The molecule has 2 aromatic rings. The van der Waals surface area contributed by atoms with Gasteiger partial charge in [-0.3, -0.25) is 0 Å². The Hall–Kier alpha value is -1.48. The van der Waals surface area contributed by atoms with E-state index in [-0.39, 0.29) is 6.61 Å². The number of anilines is 1. The third-order valence-corrected chi connectivity index (χ3v) is 6.62. The van der Waals surface area contributed by atoms with E-state index in [1.54, 1.807) is 12.1 Å². The van der Waals surface area contributed by atoms with Crippen molar-refractivity contribution in [2.75, 3.05) is 25.6 Å². The first-order valence-corrected chi connectivity index (χ1v) is 10.6. The Morgan fingerprint density at radius 2 is 1.69 bits per heavy atom. The van der Waals surface area contributed by atoms with Gasteiger partial charge in [0.2, 0.25) is 0 Å². The molecule has 1 fully saturated rings. The van der Waals surface area contributed by atoms with Crippen LogP contribution in [-0.2, 0) is 6.42 Å². The van der Waals surface area contributed by atoms with E-state index in [0.29, 0.717) is 17.2 Å². The van der Waals surface area contributed by atoms with Crippen LogP contribution in [0.1, 0.15) is 11.1 Å². The second-order valence-electron chi connectivity index (χ2n) is 7.30. The molecular formula is C21H26ClNO5S. The Balaban J connectivity index is 1.81. The van der Waals surface area contributed by atoms with Crippen LogP contribution in [0, 0.1) is 0 Å². The zero-order valence-corrected chi connectivity index (χ0v) is 17.8. The molecule has 0 spiro atoms. The molecule has 0 radical (unpaired) electrons. The zero-order valence-electron chi connectivity index (χ0n) is 16.3. The number of hydrogen-bond donors (Lipinski definition) is 4. The van der Waals surface area contributed by atoms with E-state index in [0.717, 1.165) is 28.6 Å². The molecule has 0 aromatic heterocycles. The van der Waals surface area contributed by atoms with Gasteiger partial charge in [-0.25, -0.2) is 0 Å². The highest BCUT2D eigenvalue weighted by molar-refractivity contribution is 8.00. The van der Waals surface area contributed by atoms with Crippen LogP contribution in [0.3, 0.4) is 0 Å². The molecule has 5 unspecified atom stereocenters. The number of aliphatic hydroxyl groups excluding tert-OH is 4. The molecular weight excluding hydrogens is 414 g/mol. The second kappa shape index (κ2) is 9.55. The van der Waals surface area contributed by atoms with Crippen LogP contribution in [-0.4, -0.2) is 70.1 Å². The topological polar surface area (TPSA) is 93.4 Å². The normalized spacial score (nSPS) is 26.9. The van der Waals surface area contributed by atoms with Crippen molar-refractivity contribution in [1.82, 2.24) is 0 Å². The lowest BCUT2D eigenvalue weighted by molar-refractivity contribution is -0.0910. The molecule has 3 rings (SSSR count). The van der Waals surface area contributed by atoms with Crippen LogP contribution in [0.25, 0.3) is 0 Å². The van der Waals surface area contributed by atoms with Crippen molar-refractivity contribution in [3.63, 3.8) is 0 Å². The van der Waals surface area contributed by atoms with Crippen molar-refractivity contribution in [3.05, 3.63) is 58.6 Å². The number of halogens is 1. The minimum Gasteiger partial charge on any atom is -0.477 e. The largest absolute Gasteiger partial charge is 0.477 e. The summed E-state index contributed by atoms with van der Waals surface area (Å²) in [5.41, 5.74) is 2.18. The average Bonchev–Trinajstić information content (AvgIpc) is 2.70. The Labute approximate surface area is 179 Å². The van der Waals surface area contributed by atoms with E-state index in [9.17, 15) is 20.4 Å². The van der Waals surface area contributed by atoms with Gasteiger partial charge in [0.1, 0.15) is 18.0 Å². The fourth-order valence-corrected chi connectivity index (χ4v) is 4.65. The van der Waals surface area contributed by atoms with Gasteiger partial charge < -0.3 is 30.1 Å².